The molecule has 0 radical (unpaired) electrons. The van der Waals surface area contributed by atoms with Crippen LogP contribution in [0.1, 0.15) is 23.0 Å². The number of anilines is 1. The first-order chi connectivity index (χ1) is 13.1. The van der Waals surface area contributed by atoms with Crippen LogP contribution in [0.2, 0.25) is 0 Å². The summed E-state index contributed by atoms with van der Waals surface area (Å²) in [4.78, 5) is 19.4. The van der Waals surface area contributed by atoms with E-state index in [0.29, 0.717) is 23.7 Å². The first-order valence-electron chi connectivity index (χ1n) is 8.65. The molecule has 0 unspecified atom stereocenters. The number of aromatic nitrogens is 1. The van der Waals surface area contributed by atoms with Gasteiger partial charge in [0, 0.05) is 17.6 Å². The van der Waals surface area contributed by atoms with Crippen LogP contribution in [-0.4, -0.2) is 31.7 Å². The van der Waals surface area contributed by atoms with Crippen LogP contribution in [0.15, 0.2) is 47.8 Å². The van der Waals surface area contributed by atoms with Crippen molar-refractivity contribution in [3.8, 4) is 22.1 Å². The van der Waals surface area contributed by atoms with Crippen molar-refractivity contribution in [1.29, 1.82) is 0 Å². The van der Waals surface area contributed by atoms with Crippen molar-refractivity contribution in [3.05, 3.63) is 59.1 Å². The van der Waals surface area contributed by atoms with Gasteiger partial charge < -0.3 is 14.4 Å². The van der Waals surface area contributed by atoms with Gasteiger partial charge in [0.1, 0.15) is 10.7 Å². The van der Waals surface area contributed by atoms with E-state index in [1.165, 1.54) is 11.3 Å². The van der Waals surface area contributed by atoms with Crippen LogP contribution in [-0.2, 0) is 0 Å². The zero-order valence-electron chi connectivity index (χ0n) is 15.9. The van der Waals surface area contributed by atoms with E-state index >= 15 is 0 Å². The van der Waals surface area contributed by atoms with Gasteiger partial charge in [-0.05, 0) is 37.6 Å². The maximum absolute atomic E-state index is 13.1. The molecule has 2 aromatic carbocycles. The molecule has 0 atom stereocenters. The van der Waals surface area contributed by atoms with Gasteiger partial charge in [-0.25, -0.2) is 4.98 Å². The third-order valence-corrected chi connectivity index (χ3v) is 5.20. The van der Waals surface area contributed by atoms with Crippen molar-refractivity contribution in [2.45, 2.75) is 13.8 Å². The number of methoxy groups -OCH3 is 2. The fourth-order valence-corrected chi connectivity index (χ4v) is 3.79. The van der Waals surface area contributed by atoms with Gasteiger partial charge in [-0.15, -0.1) is 11.3 Å². The number of nitrogens with zero attached hydrogens (tertiary/aromatic N) is 2. The zero-order valence-corrected chi connectivity index (χ0v) is 16.7. The summed E-state index contributed by atoms with van der Waals surface area (Å²) >= 11 is 1.41. The van der Waals surface area contributed by atoms with Gasteiger partial charge in [0.15, 0.2) is 11.5 Å². The lowest BCUT2D eigenvalue weighted by Crippen LogP contribution is -2.31. The second-order valence-corrected chi connectivity index (χ2v) is 6.77. The largest absolute Gasteiger partial charge is 0.493 e. The Bertz CT molecular complexity index is 952. The van der Waals surface area contributed by atoms with Gasteiger partial charge in [-0.3, -0.25) is 4.79 Å². The minimum atomic E-state index is -0.115. The van der Waals surface area contributed by atoms with Crippen LogP contribution >= 0.6 is 11.3 Å². The topological polar surface area (TPSA) is 51.7 Å². The van der Waals surface area contributed by atoms with Gasteiger partial charge in [0.05, 0.1) is 19.8 Å². The molecule has 1 heterocycles. The number of aryl methyl sites for hydroxylation is 1. The quantitative estimate of drug-likeness (QED) is 0.614. The molecule has 0 aliphatic carbocycles. The molecule has 0 aliphatic rings. The molecule has 0 aliphatic heterocycles. The van der Waals surface area contributed by atoms with Gasteiger partial charge in [0.25, 0.3) is 5.91 Å². The molecule has 6 heteroatoms. The van der Waals surface area contributed by atoms with Gasteiger partial charge in [0.2, 0.25) is 0 Å². The van der Waals surface area contributed by atoms with Crippen LogP contribution in [0.4, 0.5) is 5.69 Å². The maximum Gasteiger partial charge on any atom is 0.277 e. The molecular formula is C21H22N2O3S. The molecule has 0 saturated carbocycles. The lowest BCUT2D eigenvalue weighted by Gasteiger charge is -2.22. The Kier molecular flexibility index (Phi) is 5.76. The second kappa shape index (κ2) is 8.22. The highest BCUT2D eigenvalue weighted by Gasteiger charge is 2.22. The summed E-state index contributed by atoms with van der Waals surface area (Å²) in [5.41, 5.74) is 3.18. The summed E-state index contributed by atoms with van der Waals surface area (Å²) in [5.74, 6) is 1.13. The summed E-state index contributed by atoms with van der Waals surface area (Å²) in [6, 6.07) is 13.5. The van der Waals surface area contributed by atoms with Gasteiger partial charge in [-0.1, -0.05) is 24.3 Å². The fourth-order valence-electron chi connectivity index (χ4n) is 2.98. The summed E-state index contributed by atoms with van der Waals surface area (Å²) < 4.78 is 10.8. The predicted molar refractivity (Wildman–Crippen MR) is 109 cm³/mol. The SMILES string of the molecule is CCN(C(=O)c1csc(-c2cccc(OC)c2OC)n1)c1ccccc1C. The van der Waals surface area contributed by atoms with Crippen LogP contribution in [0.25, 0.3) is 10.6 Å². The Morgan fingerprint density at radius 3 is 2.56 bits per heavy atom. The highest BCUT2D eigenvalue weighted by Crippen LogP contribution is 2.39. The molecular weight excluding hydrogens is 360 g/mol. The highest BCUT2D eigenvalue weighted by molar-refractivity contribution is 7.13. The molecule has 3 rings (SSSR count). The average molecular weight is 382 g/mol. The molecule has 0 bridgehead atoms. The van der Waals surface area contributed by atoms with E-state index in [9.17, 15) is 4.79 Å². The van der Waals surface area contributed by atoms with Crippen molar-refractivity contribution in [2.75, 3.05) is 25.7 Å². The molecule has 27 heavy (non-hydrogen) atoms. The molecule has 5 nitrogen and oxygen atoms in total. The first-order valence-corrected chi connectivity index (χ1v) is 9.53. The second-order valence-electron chi connectivity index (χ2n) is 5.91. The highest BCUT2D eigenvalue weighted by atomic mass is 32.1. The van der Waals surface area contributed by atoms with Crippen molar-refractivity contribution < 1.29 is 14.3 Å². The third-order valence-electron chi connectivity index (χ3n) is 4.32. The molecule has 0 N–H and O–H groups in total. The van der Waals surface area contributed by atoms with E-state index in [1.54, 1.807) is 24.5 Å². The number of rotatable bonds is 6. The summed E-state index contributed by atoms with van der Waals surface area (Å²) in [6.07, 6.45) is 0. The number of amides is 1. The monoisotopic (exact) mass is 382 g/mol. The van der Waals surface area contributed by atoms with E-state index < -0.39 is 0 Å². The summed E-state index contributed by atoms with van der Waals surface area (Å²) in [6.45, 7) is 4.53. The number of carbonyl (C=O) groups excluding carboxylic acids is 1. The maximum atomic E-state index is 13.1. The number of hydrogen-bond acceptors (Lipinski definition) is 5. The number of carbonyl (C=O) groups is 1. The average Bonchev–Trinajstić information content (AvgIpc) is 3.19. The molecule has 1 amide bonds. The van der Waals surface area contributed by atoms with Crippen LogP contribution < -0.4 is 14.4 Å². The molecule has 0 saturated heterocycles. The lowest BCUT2D eigenvalue weighted by molar-refractivity contribution is 0.0984. The smallest absolute Gasteiger partial charge is 0.277 e. The molecule has 0 spiro atoms. The van der Waals surface area contributed by atoms with E-state index in [0.717, 1.165) is 21.8 Å². The molecule has 140 valence electrons. The Morgan fingerprint density at radius 1 is 1.11 bits per heavy atom. The van der Waals surface area contributed by atoms with E-state index in [1.807, 2.05) is 56.3 Å². The zero-order chi connectivity index (χ0) is 19.4. The minimum Gasteiger partial charge on any atom is -0.493 e. The van der Waals surface area contributed by atoms with Crippen LogP contribution in [0.3, 0.4) is 0 Å². The first kappa shape index (κ1) is 18.9. The van der Waals surface area contributed by atoms with Crippen LogP contribution in [0.5, 0.6) is 11.5 Å². The molecule has 3 aromatic rings. The standard InChI is InChI=1S/C21H22N2O3S/c1-5-23(17-11-7-6-9-14(17)2)21(24)16-13-27-20(22-16)15-10-8-12-18(25-3)19(15)26-4/h6-13H,5H2,1-4H3. The Balaban J connectivity index is 1.96. The van der Waals surface area contributed by atoms with Crippen LogP contribution in [0, 0.1) is 6.92 Å². The van der Waals surface area contributed by atoms with E-state index in [-0.39, 0.29) is 5.91 Å². The van der Waals surface area contributed by atoms with Gasteiger partial charge >= 0.3 is 0 Å². The predicted octanol–water partition coefficient (Wildman–Crippen LogP) is 4.80. The fraction of sp³-hybridized carbons (Fsp3) is 0.238. The Hall–Kier alpha value is -2.86. The van der Waals surface area contributed by atoms with Gasteiger partial charge in [-0.2, -0.15) is 0 Å². The van der Waals surface area contributed by atoms with Crippen molar-refractivity contribution in [3.63, 3.8) is 0 Å². The number of ether oxygens (including phenoxy) is 2. The number of thiazole rings is 1. The van der Waals surface area contributed by atoms with Crippen molar-refractivity contribution in [2.24, 2.45) is 0 Å². The number of hydrogen-bond donors (Lipinski definition) is 0. The Labute approximate surface area is 163 Å². The summed E-state index contributed by atoms with van der Waals surface area (Å²) in [7, 11) is 3.19. The molecule has 1 aromatic heterocycles. The van der Waals surface area contributed by atoms with E-state index in [2.05, 4.69) is 4.98 Å². The van der Waals surface area contributed by atoms with Crippen molar-refractivity contribution in [1.82, 2.24) is 4.98 Å². The number of para-hydroxylation sites is 2. The lowest BCUT2D eigenvalue weighted by atomic mass is 10.1. The molecule has 0 fully saturated rings. The number of benzene rings is 2. The van der Waals surface area contributed by atoms with Crippen molar-refractivity contribution >= 4 is 22.9 Å². The van der Waals surface area contributed by atoms with E-state index in [4.69, 9.17) is 9.47 Å². The minimum absolute atomic E-state index is 0.115. The normalized spacial score (nSPS) is 10.5. The third kappa shape index (κ3) is 3.66. The summed E-state index contributed by atoms with van der Waals surface area (Å²) in [5, 5.41) is 2.51. The Morgan fingerprint density at radius 2 is 1.89 bits per heavy atom.